The zero-order chi connectivity index (χ0) is 34.8. The summed E-state index contributed by atoms with van der Waals surface area (Å²) < 4.78 is 8.94. The molecule has 0 saturated carbocycles. The largest absolute Gasteiger partial charge is 0.456 e. The molecule has 5 aromatic carbocycles. The number of para-hydroxylation sites is 1. The summed E-state index contributed by atoms with van der Waals surface area (Å²) in [6.45, 7) is 4.61. The molecule has 4 nitrogen and oxygen atoms in total. The predicted octanol–water partition coefficient (Wildman–Crippen LogP) is 12.6. The second-order valence-electron chi connectivity index (χ2n) is 14.3. The lowest BCUT2D eigenvalue weighted by Crippen LogP contribution is -2.23. The smallest absolute Gasteiger partial charge is 0.164 e. The first-order valence-corrected chi connectivity index (χ1v) is 18.8. The first kappa shape index (κ1) is 30.9. The summed E-state index contributed by atoms with van der Waals surface area (Å²) >= 11 is 1.88. The van der Waals surface area contributed by atoms with E-state index in [9.17, 15) is 0 Å². The first-order valence-electron chi connectivity index (χ1n) is 18.0. The van der Waals surface area contributed by atoms with E-state index in [1.807, 2.05) is 35.6 Å². The van der Waals surface area contributed by atoms with Crippen molar-refractivity contribution in [3.05, 3.63) is 168 Å². The van der Waals surface area contributed by atoms with Crippen LogP contribution >= 0.6 is 11.3 Å². The van der Waals surface area contributed by atoms with Crippen LogP contribution in [0.1, 0.15) is 49.5 Å². The van der Waals surface area contributed by atoms with Gasteiger partial charge in [0.15, 0.2) is 17.5 Å². The number of fused-ring (bicyclic) bond motifs is 6. The van der Waals surface area contributed by atoms with Crippen LogP contribution in [0.2, 0.25) is 0 Å². The molecule has 5 heteroatoms. The van der Waals surface area contributed by atoms with Gasteiger partial charge in [-0.25, -0.2) is 15.0 Å². The van der Waals surface area contributed by atoms with Crippen LogP contribution in [-0.4, -0.2) is 15.0 Å². The molecule has 0 spiro atoms. The second-order valence-corrected chi connectivity index (χ2v) is 15.4. The Bertz CT molecular complexity index is 2840. The lowest BCUT2D eigenvalue weighted by Gasteiger charge is -2.33. The summed E-state index contributed by atoms with van der Waals surface area (Å²) in [6, 6.07) is 40.6. The topological polar surface area (TPSA) is 51.8 Å². The third kappa shape index (κ3) is 5.15. The van der Waals surface area contributed by atoms with Gasteiger partial charge in [0.25, 0.3) is 0 Å². The number of nitrogens with zero attached hydrogens (tertiary/aromatic N) is 3. The molecule has 10 rings (SSSR count). The van der Waals surface area contributed by atoms with E-state index in [2.05, 4.69) is 135 Å². The quantitative estimate of drug-likeness (QED) is 0.180. The molecule has 3 heterocycles. The molecule has 0 N–H and O–H groups in total. The van der Waals surface area contributed by atoms with Gasteiger partial charge in [0.05, 0.1) is 0 Å². The molecule has 8 aromatic rings. The fourth-order valence-electron chi connectivity index (χ4n) is 8.00. The summed E-state index contributed by atoms with van der Waals surface area (Å²) in [6.07, 6.45) is 13.1. The molecule has 2 aliphatic rings. The highest BCUT2D eigenvalue weighted by atomic mass is 32.1. The highest BCUT2D eigenvalue weighted by molar-refractivity contribution is 7.26. The average Bonchev–Trinajstić information content (AvgIpc) is 3.77. The maximum atomic E-state index is 6.30. The number of hydrogen-bond acceptors (Lipinski definition) is 5. The van der Waals surface area contributed by atoms with Crippen molar-refractivity contribution in [2.45, 2.75) is 32.1 Å². The number of rotatable bonds is 5. The maximum Gasteiger partial charge on any atom is 0.164 e. The highest BCUT2D eigenvalue weighted by Crippen LogP contribution is 2.48. The maximum absolute atomic E-state index is 6.30. The van der Waals surface area contributed by atoms with Crippen molar-refractivity contribution < 1.29 is 4.42 Å². The number of aromatic nitrogens is 3. The van der Waals surface area contributed by atoms with Crippen LogP contribution in [0.5, 0.6) is 0 Å². The molecular formula is C47H35N3OS. The van der Waals surface area contributed by atoms with Crippen molar-refractivity contribution in [1.29, 1.82) is 0 Å². The monoisotopic (exact) mass is 689 g/mol. The van der Waals surface area contributed by atoms with E-state index in [1.165, 1.54) is 36.9 Å². The Morgan fingerprint density at radius 2 is 1.42 bits per heavy atom. The second kappa shape index (κ2) is 12.1. The SMILES string of the molecule is CC1C=CC(c2nc(C3=CC(c4ccccc4)=CC(C)(c4cccc5c4sc4ccccc45)C3)nc(-c3cccc4oc5ccccc5c34)n2)=CC1. The Balaban J connectivity index is 1.20. The minimum atomic E-state index is -0.331. The summed E-state index contributed by atoms with van der Waals surface area (Å²) in [4.78, 5) is 15.8. The van der Waals surface area contributed by atoms with Crippen molar-refractivity contribution in [2.24, 2.45) is 5.92 Å². The predicted molar refractivity (Wildman–Crippen MR) is 217 cm³/mol. The molecular weight excluding hydrogens is 655 g/mol. The normalized spacial score (nSPS) is 19.0. The van der Waals surface area contributed by atoms with Gasteiger partial charge in [-0.2, -0.15) is 0 Å². The Morgan fingerprint density at radius 1 is 0.692 bits per heavy atom. The van der Waals surface area contributed by atoms with E-state index in [1.54, 1.807) is 0 Å². The van der Waals surface area contributed by atoms with Gasteiger partial charge in [0, 0.05) is 47.5 Å². The van der Waals surface area contributed by atoms with Crippen molar-refractivity contribution in [3.63, 3.8) is 0 Å². The fraction of sp³-hybridized carbons (Fsp3) is 0.128. The number of allylic oxidation sites excluding steroid dienone is 8. The van der Waals surface area contributed by atoms with E-state index in [0.717, 1.165) is 51.5 Å². The van der Waals surface area contributed by atoms with Crippen molar-refractivity contribution in [3.8, 4) is 11.4 Å². The van der Waals surface area contributed by atoms with Gasteiger partial charge in [0.2, 0.25) is 0 Å². The molecule has 0 fully saturated rings. The Hall–Kier alpha value is -5.91. The molecule has 0 amide bonds. The molecule has 0 saturated heterocycles. The Labute approximate surface area is 306 Å². The third-order valence-electron chi connectivity index (χ3n) is 10.6. The Morgan fingerprint density at radius 3 is 2.29 bits per heavy atom. The lowest BCUT2D eigenvalue weighted by molar-refractivity contribution is 0.615. The summed E-state index contributed by atoms with van der Waals surface area (Å²) in [5.41, 5.74) is 8.06. The van der Waals surface area contributed by atoms with Crippen LogP contribution in [0.4, 0.5) is 0 Å². The van der Waals surface area contributed by atoms with Crippen molar-refractivity contribution in [2.75, 3.05) is 0 Å². The molecule has 3 aromatic heterocycles. The van der Waals surface area contributed by atoms with E-state index in [4.69, 9.17) is 19.4 Å². The van der Waals surface area contributed by atoms with E-state index >= 15 is 0 Å². The van der Waals surface area contributed by atoms with Crippen LogP contribution in [0.15, 0.2) is 150 Å². The number of thiophene rings is 1. The van der Waals surface area contributed by atoms with Crippen molar-refractivity contribution in [1.82, 2.24) is 15.0 Å². The number of furan rings is 1. The summed E-state index contributed by atoms with van der Waals surface area (Å²) in [7, 11) is 0. The number of benzene rings is 5. The first-order chi connectivity index (χ1) is 25.5. The van der Waals surface area contributed by atoms with Gasteiger partial charge in [-0.1, -0.05) is 135 Å². The minimum Gasteiger partial charge on any atom is -0.456 e. The summed E-state index contributed by atoms with van der Waals surface area (Å²) in [5, 5.41) is 4.69. The van der Waals surface area contributed by atoms with Crippen molar-refractivity contribution >= 4 is 70.2 Å². The Kier molecular flexibility index (Phi) is 7.19. The highest BCUT2D eigenvalue weighted by Gasteiger charge is 2.34. The van der Waals surface area contributed by atoms with E-state index < -0.39 is 0 Å². The third-order valence-corrected chi connectivity index (χ3v) is 11.8. The van der Waals surface area contributed by atoms with Crippen LogP contribution in [0.3, 0.4) is 0 Å². The fourth-order valence-corrected chi connectivity index (χ4v) is 9.36. The zero-order valence-electron chi connectivity index (χ0n) is 29.0. The molecule has 2 atom stereocenters. The average molecular weight is 690 g/mol. The van der Waals surface area contributed by atoms with Gasteiger partial charge < -0.3 is 4.42 Å². The van der Waals surface area contributed by atoms with Crippen LogP contribution in [-0.2, 0) is 5.41 Å². The molecule has 2 aliphatic carbocycles. The van der Waals surface area contributed by atoms with Gasteiger partial charge in [0.1, 0.15) is 11.2 Å². The molecule has 52 heavy (non-hydrogen) atoms. The van der Waals surface area contributed by atoms with Gasteiger partial charge >= 0.3 is 0 Å². The molecule has 2 unspecified atom stereocenters. The van der Waals surface area contributed by atoms with Gasteiger partial charge in [-0.3, -0.25) is 0 Å². The molecule has 0 aliphatic heterocycles. The lowest BCUT2D eigenvalue weighted by atomic mass is 9.71. The van der Waals surface area contributed by atoms with Crippen LogP contribution in [0.25, 0.3) is 70.2 Å². The standard InChI is InChI=1S/C47H35N3OS/c1-29-22-24-31(25-23-29)44-48-45(50-46(49-44)37-17-11-20-40-42(37)36-15-6-8-19-39(36)51-40)33-26-32(30-12-4-3-5-13-30)27-47(2,28-33)38-18-10-16-35-34-14-7-9-21-41(34)52-43(35)38/h3-22,24-27,29H,23,28H2,1-2H3. The van der Waals surface area contributed by atoms with E-state index in [0.29, 0.717) is 23.4 Å². The van der Waals surface area contributed by atoms with E-state index in [-0.39, 0.29) is 5.41 Å². The van der Waals surface area contributed by atoms with Gasteiger partial charge in [-0.05, 0) is 65.3 Å². The molecule has 250 valence electrons. The van der Waals surface area contributed by atoms with Crippen LogP contribution < -0.4 is 0 Å². The molecule has 0 radical (unpaired) electrons. The van der Waals surface area contributed by atoms with Crippen LogP contribution in [0, 0.1) is 5.92 Å². The number of hydrogen-bond donors (Lipinski definition) is 0. The zero-order valence-corrected chi connectivity index (χ0v) is 29.8. The minimum absolute atomic E-state index is 0.331. The summed E-state index contributed by atoms with van der Waals surface area (Å²) in [5.74, 6) is 2.52. The molecule has 0 bridgehead atoms. The van der Waals surface area contributed by atoms with Gasteiger partial charge in [-0.15, -0.1) is 11.3 Å².